The molecule has 2 N–H and O–H groups in total. The Bertz CT molecular complexity index is 1400. The second-order valence-corrected chi connectivity index (χ2v) is 13.9. The smallest absolute Gasteiger partial charge is 0.131 e. The van der Waals surface area contributed by atoms with Gasteiger partial charge in [-0.15, -0.1) is 0 Å². The van der Waals surface area contributed by atoms with Crippen molar-refractivity contribution in [2.45, 2.75) is 97.2 Å². The van der Waals surface area contributed by atoms with Crippen LogP contribution < -0.4 is 0 Å². The predicted octanol–water partition coefficient (Wildman–Crippen LogP) is 7.53. The molecular formula is C36H43NO2. The van der Waals surface area contributed by atoms with E-state index in [9.17, 15) is 10.2 Å². The second-order valence-electron chi connectivity index (χ2n) is 13.9. The number of aromatic nitrogens is 1. The summed E-state index contributed by atoms with van der Waals surface area (Å²) >= 11 is 0. The second kappa shape index (κ2) is 9.46. The van der Waals surface area contributed by atoms with E-state index in [-0.39, 0.29) is 22.9 Å². The molecule has 0 spiro atoms. The Morgan fingerprint density at radius 3 is 2.51 bits per heavy atom. The van der Waals surface area contributed by atoms with Crippen molar-refractivity contribution in [3.8, 4) is 23.0 Å². The number of pyridine rings is 1. The van der Waals surface area contributed by atoms with Crippen molar-refractivity contribution in [3.05, 3.63) is 76.6 Å². The van der Waals surface area contributed by atoms with Gasteiger partial charge in [0.2, 0.25) is 0 Å². The Kier molecular flexibility index (Phi) is 6.44. The molecule has 3 heteroatoms. The molecule has 0 amide bonds. The van der Waals surface area contributed by atoms with Gasteiger partial charge in [-0.3, -0.25) is 4.98 Å². The number of aryl methyl sites for hydroxylation is 1. The molecular weight excluding hydrogens is 478 g/mol. The lowest BCUT2D eigenvalue weighted by molar-refractivity contribution is -0.0515. The molecule has 2 aromatic rings. The molecule has 1 aromatic carbocycles. The van der Waals surface area contributed by atoms with Gasteiger partial charge in [0, 0.05) is 34.7 Å². The number of fused-ring (bicyclic) bond motifs is 4. The quantitative estimate of drug-likeness (QED) is 0.402. The third-order valence-electron chi connectivity index (χ3n) is 10.3. The molecule has 1 heterocycles. The molecule has 3 nitrogen and oxygen atoms in total. The monoisotopic (exact) mass is 521 g/mol. The largest absolute Gasteiger partial charge is 0.389 e. The number of aliphatic hydroxyl groups excluding tert-OH is 1. The lowest BCUT2D eigenvalue weighted by Crippen LogP contribution is -2.51. The minimum atomic E-state index is -0.967. The van der Waals surface area contributed by atoms with Crippen LogP contribution in [0.25, 0.3) is 11.1 Å². The zero-order valence-electron chi connectivity index (χ0n) is 24.2. The fourth-order valence-corrected chi connectivity index (χ4v) is 8.24. The van der Waals surface area contributed by atoms with Gasteiger partial charge in [0.15, 0.2) is 0 Å². The van der Waals surface area contributed by atoms with E-state index in [2.05, 4.69) is 87.9 Å². The van der Waals surface area contributed by atoms with E-state index in [4.69, 9.17) is 0 Å². The molecule has 4 aliphatic rings. The molecule has 1 unspecified atom stereocenters. The number of allylic oxidation sites excluding steroid dienone is 3. The molecule has 2 fully saturated rings. The molecule has 204 valence electrons. The molecule has 1 aromatic heterocycles. The molecule has 6 atom stereocenters. The van der Waals surface area contributed by atoms with E-state index in [1.54, 1.807) is 5.57 Å². The maximum atomic E-state index is 12.2. The normalized spacial score (nSPS) is 33.9. The third-order valence-corrected chi connectivity index (χ3v) is 10.3. The van der Waals surface area contributed by atoms with Crippen LogP contribution in [-0.4, -0.2) is 26.9 Å². The maximum Gasteiger partial charge on any atom is 0.131 e. The first-order chi connectivity index (χ1) is 18.5. The molecule has 4 aliphatic carbocycles. The third kappa shape index (κ3) is 4.51. The number of rotatable bonds is 2. The van der Waals surface area contributed by atoms with Gasteiger partial charge in [0.05, 0.1) is 6.10 Å². The van der Waals surface area contributed by atoms with Gasteiger partial charge in [-0.05, 0) is 118 Å². The van der Waals surface area contributed by atoms with Gasteiger partial charge in [-0.1, -0.05) is 54.7 Å². The summed E-state index contributed by atoms with van der Waals surface area (Å²) in [4.78, 5) is 4.36. The highest BCUT2D eigenvalue weighted by molar-refractivity contribution is 5.66. The van der Waals surface area contributed by atoms with Crippen LogP contribution in [0.5, 0.6) is 0 Å². The highest BCUT2D eigenvalue weighted by Crippen LogP contribution is 2.66. The summed E-state index contributed by atoms with van der Waals surface area (Å²) in [6.45, 7) is 10.9. The van der Waals surface area contributed by atoms with E-state index in [1.807, 2.05) is 12.4 Å². The highest BCUT2D eigenvalue weighted by Gasteiger charge is 2.62. The van der Waals surface area contributed by atoms with Crippen LogP contribution in [0.4, 0.5) is 0 Å². The number of hydrogen-bond donors (Lipinski definition) is 2. The Labute approximate surface area is 234 Å². The SMILES string of the molecule is Cc1ccncc1-c1ccc([C@H]2C[C@@]3(C)[C@@H](CC[C@@]3(O)C#CC(C)(C)C)[C@@H]3CCC4=CC(O)CCC4=C32)cc1. The van der Waals surface area contributed by atoms with Gasteiger partial charge < -0.3 is 10.2 Å². The van der Waals surface area contributed by atoms with Crippen LogP contribution >= 0.6 is 0 Å². The highest BCUT2D eigenvalue weighted by atomic mass is 16.3. The van der Waals surface area contributed by atoms with E-state index < -0.39 is 5.60 Å². The van der Waals surface area contributed by atoms with E-state index in [1.165, 1.54) is 33.4 Å². The Morgan fingerprint density at radius 1 is 1.03 bits per heavy atom. The van der Waals surface area contributed by atoms with E-state index in [0.29, 0.717) is 11.8 Å². The zero-order chi connectivity index (χ0) is 27.6. The van der Waals surface area contributed by atoms with Gasteiger partial charge >= 0.3 is 0 Å². The van der Waals surface area contributed by atoms with Crippen LogP contribution in [0, 0.1) is 41.4 Å². The first kappa shape index (κ1) is 26.5. The average Bonchev–Trinajstić information content (AvgIpc) is 3.17. The van der Waals surface area contributed by atoms with E-state index >= 15 is 0 Å². The van der Waals surface area contributed by atoms with Crippen molar-refractivity contribution in [1.82, 2.24) is 4.98 Å². The lowest BCUT2D eigenvalue weighted by atomic mass is 9.51. The molecule has 0 radical (unpaired) electrons. The Balaban J connectivity index is 1.47. The molecule has 0 bridgehead atoms. The van der Waals surface area contributed by atoms with Crippen molar-refractivity contribution in [2.75, 3.05) is 0 Å². The average molecular weight is 522 g/mol. The molecule has 0 aliphatic heterocycles. The van der Waals surface area contributed by atoms with Gasteiger partial charge in [-0.2, -0.15) is 0 Å². The maximum absolute atomic E-state index is 12.2. The van der Waals surface area contributed by atoms with Gasteiger partial charge in [-0.25, -0.2) is 0 Å². The van der Waals surface area contributed by atoms with Crippen molar-refractivity contribution >= 4 is 0 Å². The van der Waals surface area contributed by atoms with Crippen molar-refractivity contribution < 1.29 is 10.2 Å². The topological polar surface area (TPSA) is 53.4 Å². The van der Waals surface area contributed by atoms with Crippen LogP contribution in [0.2, 0.25) is 0 Å². The Hall–Kier alpha value is -2.67. The first-order valence-corrected chi connectivity index (χ1v) is 14.9. The fourth-order valence-electron chi connectivity index (χ4n) is 8.24. The molecule has 39 heavy (non-hydrogen) atoms. The van der Waals surface area contributed by atoms with Crippen molar-refractivity contribution in [1.29, 1.82) is 0 Å². The van der Waals surface area contributed by atoms with Gasteiger partial charge in [0.25, 0.3) is 0 Å². The molecule has 2 saturated carbocycles. The zero-order valence-corrected chi connectivity index (χ0v) is 24.2. The Morgan fingerprint density at radius 2 is 1.79 bits per heavy atom. The number of benzene rings is 1. The van der Waals surface area contributed by atoms with Crippen molar-refractivity contribution in [3.63, 3.8) is 0 Å². The van der Waals surface area contributed by atoms with Crippen LogP contribution in [0.1, 0.15) is 89.7 Å². The summed E-state index contributed by atoms with van der Waals surface area (Å²) in [5, 5.41) is 22.6. The van der Waals surface area contributed by atoms with Crippen LogP contribution in [-0.2, 0) is 0 Å². The fraction of sp³-hybridized carbons (Fsp3) is 0.528. The van der Waals surface area contributed by atoms with Crippen LogP contribution in [0.3, 0.4) is 0 Å². The summed E-state index contributed by atoms with van der Waals surface area (Å²) in [5.74, 6) is 8.00. The van der Waals surface area contributed by atoms with Gasteiger partial charge in [0.1, 0.15) is 5.60 Å². The molecule has 0 saturated heterocycles. The number of nitrogens with zero attached hydrogens (tertiary/aromatic N) is 1. The minimum Gasteiger partial charge on any atom is -0.389 e. The standard InChI is InChI=1S/C36H43NO2/c1-23-15-19-37-22-31(23)25-8-6-24(7-9-25)30-21-35(5)32(14-16-36(35,39)18-17-34(2,3)4)29-12-10-26-20-27(38)11-13-28(26)33(29)30/h6-9,15,19-20,22,27,29-30,32,38-39H,10-14,16,21H2,1-5H3/t27?,29-,30+,32-,35-,36+/m0/s1. The first-order valence-electron chi connectivity index (χ1n) is 14.9. The summed E-state index contributed by atoms with van der Waals surface area (Å²) in [6, 6.07) is 11.2. The number of hydrogen-bond acceptors (Lipinski definition) is 3. The summed E-state index contributed by atoms with van der Waals surface area (Å²) in [6.07, 6.45) is 12.2. The summed E-state index contributed by atoms with van der Waals surface area (Å²) in [5.41, 5.74) is 8.03. The summed E-state index contributed by atoms with van der Waals surface area (Å²) in [7, 11) is 0. The summed E-state index contributed by atoms with van der Waals surface area (Å²) < 4.78 is 0. The predicted molar refractivity (Wildman–Crippen MR) is 158 cm³/mol. The van der Waals surface area contributed by atoms with E-state index in [0.717, 1.165) is 44.9 Å². The van der Waals surface area contributed by atoms with Crippen molar-refractivity contribution in [2.24, 2.45) is 22.7 Å². The lowest BCUT2D eigenvalue weighted by Gasteiger charge is -2.54. The molecule has 6 rings (SSSR count). The minimum absolute atomic E-state index is 0.140. The number of aliphatic hydroxyl groups is 2. The van der Waals surface area contributed by atoms with Crippen LogP contribution in [0.15, 0.2) is 65.5 Å².